The van der Waals surface area contributed by atoms with Gasteiger partial charge in [0, 0.05) is 11.0 Å². The van der Waals surface area contributed by atoms with E-state index in [1.165, 1.54) is 0 Å². The molecule has 7 nitrogen and oxygen atoms in total. The summed E-state index contributed by atoms with van der Waals surface area (Å²) in [6.45, 7) is 2.55. The first-order chi connectivity index (χ1) is 13.0. The van der Waals surface area contributed by atoms with E-state index in [-0.39, 0.29) is 13.2 Å². The number of fused-ring (bicyclic) bond motifs is 1. The topological polar surface area (TPSA) is 95.3 Å². The molecule has 0 aliphatic rings. The average molecular weight is 432 g/mol. The van der Waals surface area contributed by atoms with E-state index in [0.29, 0.717) is 23.1 Å². The van der Waals surface area contributed by atoms with Gasteiger partial charge in [0.1, 0.15) is 0 Å². The van der Waals surface area contributed by atoms with Crippen LogP contribution >= 0.6 is 15.9 Å². The number of carbonyl (C=O) groups is 1. The monoisotopic (exact) mass is 431 g/mol. The third-order valence-corrected chi connectivity index (χ3v) is 4.44. The van der Waals surface area contributed by atoms with Crippen molar-refractivity contribution in [2.24, 2.45) is 0 Å². The first-order valence-electron chi connectivity index (χ1n) is 8.38. The van der Waals surface area contributed by atoms with Gasteiger partial charge in [-0.2, -0.15) is 0 Å². The van der Waals surface area contributed by atoms with Crippen molar-refractivity contribution in [3.8, 4) is 0 Å². The van der Waals surface area contributed by atoms with Gasteiger partial charge in [-0.15, -0.1) is 0 Å². The van der Waals surface area contributed by atoms with Crippen LogP contribution in [0.3, 0.4) is 0 Å². The maximum Gasteiger partial charge on any atom is 0.410 e. The van der Waals surface area contributed by atoms with Crippen LogP contribution in [0.25, 0.3) is 11.0 Å². The summed E-state index contributed by atoms with van der Waals surface area (Å²) in [5.74, 6) is 0. The SMILES string of the molecule is CCOC(=O)N(Cc1ccccc1)Cc1cc(Br)cc2[nH]c(=O)c(=O)[nH]c12. The van der Waals surface area contributed by atoms with Crippen LogP contribution < -0.4 is 11.1 Å². The molecule has 0 atom stereocenters. The van der Waals surface area contributed by atoms with Crippen molar-refractivity contribution in [2.75, 3.05) is 6.61 Å². The van der Waals surface area contributed by atoms with Crippen LogP contribution in [-0.2, 0) is 17.8 Å². The van der Waals surface area contributed by atoms with Gasteiger partial charge < -0.3 is 14.7 Å². The number of nitrogens with zero attached hydrogens (tertiary/aromatic N) is 1. The van der Waals surface area contributed by atoms with Crippen molar-refractivity contribution in [1.82, 2.24) is 14.9 Å². The lowest BCUT2D eigenvalue weighted by molar-refractivity contribution is 0.102. The Kier molecular flexibility index (Phi) is 5.75. The molecular formula is C19H18BrN3O4. The predicted octanol–water partition coefficient (Wildman–Crippen LogP) is 3.14. The Labute approximate surface area is 163 Å². The minimum absolute atomic E-state index is 0.200. The lowest BCUT2D eigenvalue weighted by Gasteiger charge is -2.23. The lowest BCUT2D eigenvalue weighted by Crippen LogP contribution is -2.32. The number of carbonyl (C=O) groups excluding carboxylic acids is 1. The van der Waals surface area contributed by atoms with Crippen LogP contribution in [0.4, 0.5) is 4.79 Å². The molecule has 1 aromatic heterocycles. The van der Waals surface area contributed by atoms with Gasteiger partial charge in [0.2, 0.25) is 0 Å². The summed E-state index contributed by atoms with van der Waals surface area (Å²) in [5.41, 5.74) is 1.12. The van der Waals surface area contributed by atoms with Gasteiger partial charge in [-0.05, 0) is 30.2 Å². The molecule has 0 unspecified atom stereocenters. The third kappa shape index (κ3) is 4.46. The number of aromatic nitrogens is 2. The van der Waals surface area contributed by atoms with E-state index < -0.39 is 17.2 Å². The van der Waals surface area contributed by atoms with Crippen LogP contribution in [0.15, 0.2) is 56.5 Å². The minimum Gasteiger partial charge on any atom is -0.450 e. The van der Waals surface area contributed by atoms with Crippen LogP contribution in [0.2, 0.25) is 0 Å². The summed E-state index contributed by atoms with van der Waals surface area (Å²) < 4.78 is 5.90. The highest BCUT2D eigenvalue weighted by Gasteiger charge is 2.18. The second kappa shape index (κ2) is 8.22. The van der Waals surface area contributed by atoms with Gasteiger partial charge in [-0.1, -0.05) is 46.3 Å². The molecule has 0 radical (unpaired) electrons. The Morgan fingerprint density at radius 3 is 2.48 bits per heavy atom. The van der Waals surface area contributed by atoms with Crippen LogP contribution in [0.5, 0.6) is 0 Å². The molecule has 0 spiro atoms. The van der Waals surface area contributed by atoms with Crippen LogP contribution in [-0.4, -0.2) is 27.6 Å². The van der Waals surface area contributed by atoms with E-state index in [1.54, 1.807) is 24.0 Å². The number of aromatic amines is 2. The Balaban J connectivity index is 2.02. The van der Waals surface area contributed by atoms with E-state index in [0.717, 1.165) is 10.0 Å². The summed E-state index contributed by atoms with van der Waals surface area (Å²) in [7, 11) is 0. The highest BCUT2D eigenvalue weighted by Crippen LogP contribution is 2.22. The molecule has 140 valence electrons. The number of nitrogens with one attached hydrogen (secondary N) is 2. The van der Waals surface area contributed by atoms with Gasteiger partial charge in [-0.25, -0.2) is 4.79 Å². The summed E-state index contributed by atoms with van der Waals surface area (Å²) in [6.07, 6.45) is -0.457. The molecule has 0 bridgehead atoms. The first-order valence-corrected chi connectivity index (χ1v) is 9.17. The van der Waals surface area contributed by atoms with Crippen molar-refractivity contribution >= 4 is 33.1 Å². The fraction of sp³-hybridized carbons (Fsp3) is 0.211. The quantitative estimate of drug-likeness (QED) is 0.606. The number of halogens is 1. The number of benzene rings is 2. The normalized spacial score (nSPS) is 10.7. The average Bonchev–Trinajstić information content (AvgIpc) is 2.64. The fourth-order valence-corrected chi connectivity index (χ4v) is 3.30. The molecule has 0 saturated carbocycles. The second-order valence-corrected chi connectivity index (χ2v) is 6.85. The molecule has 0 saturated heterocycles. The number of amides is 1. The Morgan fingerprint density at radius 2 is 1.78 bits per heavy atom. The summed E-state index contributed by atoms with van der Waals surface area (Å²) in [5, 5.41) is 0. The van der Waals surface area contributed by atoms with Crippen molar-refractivity contribution < 1.29 is 9.53 Å². The maximum atomic E-state index is 12.5. The zero-order chi connectivity index (χ0) is 19.4. The summed E-state index contributed by atoms with van der Waals surface area (Å²) in [4.78, 5) is 42.5. The molecule has 8 heteroatoms. The number of rotatable bonds is 5. The molecule has 27 heavy (non-hydrogen) atoms. The van der Waals surface area contributed by atoms with Crippen molar-refractivity contribution in [1.29, 1.82) is 0 Å². The van der Waals surface area contributed by atoms with E-state index in [4.69, 9.17) is 4.74 Å². The van der Waals surface area contributed by atoms with Crippen LogP contribution in [0.1, 0.15) is 18.1 Å². The fourth-order valence-electron chi connectivity index (χ4n) is 2.79. The third-order valence-electron chi connectivity index (χ3n) is 3.98. The van der Waals surface area contributed by atoms with Crippen LogP contribution in [0, 0.1) is 0 Å². The second-order valence-electron chi connectivity index (χ2n) is 5.94. The number of ether oxygens (including phenoxy) is 1. The van der Waals surface area contributed by atoms with Gasteiger partial charge in [-0.3, -0.25) is 14.5 Å². The zero-order valence-corrected chi connectivity index (χ0v) is 16.2. The Morgan fingerprint density at radius 1 is 1.07 bits per heavy atom. The molecule has 0 fully saturated rings. The molecule has 1 amide bonds. The van der Waals surface area contributed by atoms with Gasteiger partial charge >= 0.3 is 17.2 Å². The first kappa shape index (κ1) is 18.9. The summed E-state index contributed by atoms with van der Waals surface area (Å²) >= 11 is 3.40. The maximum absolute atomic E-state index is 12.5. The molecule has 2 aromatic carbocycles. The molecule has 0 aliphatic carbocycles. The van der Waals surface area contributed by atoms with E-state index in [2.05, 4.69) is 25.9 Å². The molecule has 1 heterocycles. The standard InChI is InChI=1S/C19H18BrN3O4/c1-2-27-19(26)23(10-12-6-4-3-5-7-12)11-13-8-14(20)9-15-16(13)22-18(25)17(24)21-15/h3-9H,2,10-11H2,1H3,(H,21,24)(H,22,25). The number of H-pyrrole nitrogens is 2. The summed E-state index contributed by atoms with van der Waals surface area (Å²) in [6, 6.07) is 13.0. The largest absolute Gasteiger partial charge is 0.450 e. The Bertz CT molecular complexity index is 1080. The molecular weight excluding hydrogens is 414 g/mol. The van der Waals surface area contributed by atoms with Gasteiger partial charge in [0.25, 0.3) is 0 Å². The van der Waals surface area contributed by atoms with E-state index in [9.17, 15) is 14.4 Å². The lowest BCUT2D eigenvalue weighted by atomic mass is 10.1. The van der Waals surface area contributed by atoms with Crippen molar-refractivity contribution in [3.05, 3.63) is 78.8 Å². The van der Waals surface area contributed by atoms with E-state index >= 15 is 0 Å². The van der Waals surface area contributed by atoms with Gasteiger partial charge in [0.15, 0.2) is 0 Å². The Hall–Kier alpha value is -2.87. The highest BCUT2D eigenvalue weighted by atomic mass is 79.9. The predicted molar refractivity (Wildman–Crippen MR) is 106 cm³/mol. The smallest absolute Gasteiger partial charge is 0.410 e. The molecule has 0 aliphatic heterocycles. The van der Waals surface area contributed by atoms with E-state index in [1.807, 2.05) is 30.3 Å². The molecule has 3 aromatic rings. The molecule has 2 N–H and O–H groups in total. The number of hydrogen-bond acceptors (Lipinski definition) is 4. The molecule has 3 rings (SSSR count). The number of hydrogen-bond donors (Lipinski definition) is 2. The minimum atomic E-state index is -0.739. The van der Waals surface area contributed by atoms with Gasteiger partial charge in [0.05, 0.1) is 24.2 Å². The van der Waals surface area contributed by atoms with Crippen molar-refractivity contribution in [3.63, 3.8) is 0 Å². The zero-order valence-electron chi connectivity index (χ0n) is 14.6. The van der Waals surface area contributed by atoms with Crippen molar-refractivity contribution in [2.45, 2.75) is 20.0 Å². The highest BCUT2D eigenvalue weighted by molar-refractivity contribution is 9.10.